The molecule has 1 heterocycles. The quantitative estimate of drug-likeness (QED) is 0.832. The summed E-state index contributed by atoms with van der Waals surface area (Å²) >= 11 is 5.86. The van der Waals surface area contributed by atoms with E-state index in [1.165, 1.54) is 0 Å². The third kappa shape index (κ3) is 1.52. The van der Waals surface area contributed by atoms with E-state index in [1.54, 1.807) is 12.1 Å². The number of carbonyl (C=O) groups excluding carboxylic acids is 1. The minimum atomic E-state index is -0.825. The molecular weight excluding hydrogens is 238 g/mol. The highest BCUT2D eigenvalue weighted by Crippen LogP contribution is 2.50. The fraction of sp³-hybridized carbons (Fsp3) is 0.333. The van der Waals surface area contributed by atoms with Crippen molar-refractivity contribution in [3.8, 4) is 0 Å². The van der Waals surface area contributed by atoms with Crippen LogP contribution in [0.4, 0.5) is 0 Å². The zero-order valence-corrected chi connectivity index (χ0v) is 9.87. The van der Waals surface area contributed by atoms with Gasteiger partial charge >= 0.3 is 0 Å². The highest BCUT2D eigenvalue weighted by molar-refractivity contribution is 6.30. The molecule has 1 amide bonds. The van der Waals surface area contributed by atoms with Gasteiger partial charge in [-0.15, -0.1) is 0 Å². The Hall–Kier alpha value is -1.55. The summed E-state index contributed by atoms with van der Waals surface area (Å²) in [6, 6.07) is 7.25. The van der Waals surface area contributed by atoms with Crippen molar-refractivity contribution in [1.82, 2.24) is 5.32 Å². The molecule has 3 N–H and O–H groups in total. The predicted molar refractivity (Wildman–Crippen MR) is 65.6 cm³/mol. The van der Waals surface area contributed by atoms with Crippen molar-refractivity contribution in [3.63, 3.8) is 0 Å². The highest BCUT2D eigenvalue weighted by Gasteiger charge is 2.55. The number of rotatable bonds is 2. The van der Waals surface area contributed by atoms with Crippen LogP contribution in [0.3, 0.4) is 0 Å². The normalized spacial score (nSPS) is 27.8. The van der Waals surface area contributed by atoms with Gasteiger partial charge in [-0.2, -0.15) is 0 Å². The van der Waals surface area contributed by atoms with Crippen LogP contribution in [0.25, 0.3) is 0 Å². The van der Waals surface area contributed by atoms with E-state index >= 15 is 0 Å². The molecule has 0 bridgehead atoms. The molecule has 1 unspecified atom stereocenters. The molecule has 88 valence electrons. The molecule has 1 aromatic carbocycles. The van der Waals surface area contributed by atoms with Crippen molar-refractivity contribution in [2.45, 2.75) is 18.4 Å². The number of nitrogens with one attached hydrogen (secondary N) is 1. The lowest BCUT2D eigenvalue weighted by Gasteiger charge is -2.23. The first-order chi connectivity index (χ1) is 8.13. The Morgan fingerprint density at radius 3 is 2.47 bits per heavy atom. The SMILES string of the molecule is NC1=NC(c2ccc(Cl)cc2)(C2CC2)C(=O)N1. The number of aliphatic imine (C=N–C) groups is 1. The standard InChI is InChI=1S/C12H12ClN3O/c13-9-5-3-8(4-6-9)12(7-1-2-7)10(17)15-11(14)16-12/h3-7H,1-2H2,(H3,14,15,16,17). The number of hydrogen-bond acceptors (Lipinski definition) is 3. The van der Waals surface area contributed by atoms with Crippen LogP contribution in [0.1, 0.15) is 18.4 Å². The second-order valence-electron chi connectivity index (χ2n) is 4.50. The van der Waals surface area contributed by atoms with E-state index in [-0.39, 0.29) is 17.8 Å². The molecule has 0 saturated heterocycles. The summed E-state index contributed by atoms with van der Waals surface area (Å²) in [5.74, 6) is 0.335. The molecule has 0 spiro atoms. The molecule has 1 saturated carbocycles. The van der Waals surface area contributed by atoms with Gasteiger partial charge in [0.1, 0.15) is 0 Å². The van der Waals surface area contributed by atoms with Gasteiger partial charge < -0.3 is 5.73 Å². The second-order valence-corrected chi connectivity index (χ2v) is 4.94. The van der Waals surface area contributed by atoms with E-state index in [1.807, 2.05) is 12.1 Å². The molecule has 1 atom stereocenters. The Balaban J connectivity index is 2.12. The fourth-order valence-electron chi connectivity index (χ4n) is 2.39. The van der Waals surface area contributed by atoms with Gasteiger partial charge in [0, 0.05) is 5.02 Å². The molecule has 1 aliphatic carbocycles. The maximum Gasteiger partial charge on any atom is 0.259 e. The summed E-state index contributed by atoms with van der Waals surface area (Å²) in [6.45, 7) is 0. The molecule has 0 aromatic heterocycles. The lowest BCUT2D eigenvalue weighted by atomic mass is 9.85. The molecule has 5 heteroatoms. The third-order valence-corrected chi connectivity index (χ3v) is 3.59. The van der Waals surface area contributed by atoms with E-state index in [2.05, 4.69) is 10.3 Å². The first kappa shape index (κ1) is 10.6. The van der Waals surface area contributed by atoms with Crippen LogP contribution in [0.15, 0.2) is 29.3 Å². The van der Waals surface area contributed by atoms with Crippen molar-refractivity contribution in [3.05, 3.63) is 34.9 Å². The van der Waals surface area contributed by atoms with E-state index in [9.17, 15) is 4.79 Å². The second kappa shape index (κ2) is 3.47. The van der Waals surface area contributed by atoms with E-state index in [0.29, 0.717) is 5.02 Å². The van der Waals surface area contributed by atoms with E-state index < -0.39 is 5.54 Å². The van der Waals surface area contributed by atoms with E-state index in [0.717, 1.165) is 18.4 Å². The zero-order valence-electron chi connectivity index (χ0n) is 9.11. The smallest absolute Gasteiger partial charge is 0.259 e. The Labute approximate surface area is 104 Å². The Bertz CT molecular complexity index is 507. The third-order valence-electron chi connectivity index (χ3n) is 3.34. The van der Waals surface area contributed by atoms with Crippen LogP contribution in [-0.4, -0.2) is 11.9 Å². The van der Waals surface area contributed by atoms with Crippen molar-refractivity contribution in [1.29, 1.82) is 0 Å². The summed E-state index contributed by atoms with van der Waals surface area (Å²) in [5, 5.41) is 3.25. The molecule has 1 aliphatic heterocycles. The molecule has 4 nitrogen and oxygen atoms in total. The summed E-state index contributed by atoms with van der Waals surface area (Å²) in [6.07, 6.45) is 2.01. The minimum Gasteiger partial charge on any atom is -0.370 e. The number of benzene rings is 1. The van der Waals surface area contributed by atoms with Gasteiger partial charge in [-0.25, -0.2) is 4.99 Å². The summed E-state index contributed by atoms with van der Waals surface area (Å²) in [5.41, 5.74) is 5.66. The lowest BCUT2D eigenvalue weighted by Crippen LogP contribution is -2.40. The molecule has 3 rings (SSSR count). The molecule has 2 aliphatic rings. The average Bonchev–Trinajstić information content (AvgIpc) is 3.07. The minimum absolute atomic E-state index is 0.125. The molecule has 1 fully saturated rings. The predicted octanol–water partition coefficient (Wildman–Crippen LogP) is 1.39. The largest absolute Gasteiger partial charge is 0.370 e. The number of amides is 1. The number of carbonyl (C=O) groups is 1. The van der Waals surface area contributed by atoms with Crippen molar-refractivity contribution >= 4 is 23.5 Å². The van der Waals surface area contributed by atoms with Crippen LogP contribution in [0.2, 0.25) is 5.02 Å². The summed E-state index contributed by atoms with van der Waals surface area (Å²) in [7, 11) is 0. The first-order valence-electron chi connectivity index (χ1n) is 5.56. The van der Waals surface area contributed by atoms with Gasteiger partial charge in [0.05, 0.1) is 0 Å². The van der Waals surface area contributed by atoms with Gasteiger partial charge in [0.15, 0.2) is 11.5 Å². The van der Waals surface area contributed by atoms with Crippen molar-refractivity contribution in [2.75, 3.05) is 0 Å². The lowest BCUT2D eigenvalue weighted by molar-refractivity contribution is -0.124. The first-order valence-corrected chi connectivity index (χ1v) is 5.93. The maximum absolute atomic E-state index is 12.1. The average molecular weight is 250 g/mol. The van der Waals surface area contributed by atoms with Gasteiger partial charge in [0.2, 0.25) is 0 Å². The molecule has 1 aromatic rings. The Morgan fingerprint density at radius 2 is 2.00 bits per heavy atom. The van der Waals surface area contributed by atoms with Crippen molar-refractivity contribution in [2.24, 2.45) is 16.6 Å². The van der Waals surface area contributed by atoms with Crippen LogP contribution in [-0.2, 0) is 10.3 Å². The Morgan fingerprint density at radius 1 is 1.35 bits per heavy atom. The number of guanidine groups is 1. The number of nitrogens with zero attached hydrogens (tertiary/aromatic N) is 1. The van der Waals surface area contributed by atoms with Gasteiger partial charge in [-0.05, 0) is 36.5 Å². The molecule has 0 radical (unpaired) electrons. The number of halogens is 1. The zero-order chi connectivity index (χ0) is 12.0. The van der Waals surface area contributed by atoms with Gasteiger partial charge in [-0.3, -0.25) is 10.1 Å². The monoisotopic (exact) mass is 249 g/mol. The summed E-state index contributed by atoms with van der Waals surface area (Å²) in [4.78, 5) is 16.5. The fourth-order valence-corrected chi connectivity index (χ4v) is 2.52. The molecular formula is C12H12ClN3O. The summed E-state index contributed by atoms with van der Waals surface area (Å²) < 4.78 is 0. The van der Waals surface area contributed by atoms with Gasteiger partial charge in [-0.1, -0.05) is 23.7 Å². The van der Waals surface area contributed by atoms with Crippen LogP contribution >= 0.6 is 11.6 Å². The molecule has 17 heavy (non-hydrogen) atoms. The Kier molecular flexibility index (Phi) is 2.16. The topological polar surface area (TPSA) is 67.5 Å². The van der Waals surface area contributed by atoms with Crippen LogP contribution in [0.5, 0.6) is 0 Å². The number of hydrogen-bond donors (Lipinski definition) is 2. The van der Waals surface area contributed by atoms with E-state index in [4.69, 9.17) is 17.3 Å². The van der Waals surface area contributed by atoms with Gasteiger partial charge in [0.25, 0.3) is 5.91 Å². The van der Waals surface area contributed by atoms with Crippen molar-refractivity contribution < 1.29 is 4.79 Å². The maximum atomic E-state index is 12.1. The van der Waals surface area contributed by atoms with Crippen LogP contribution in [0, 0.1) is 5.92 Å². The van der Waals surface area contributed by atoms with Crippen LogP contribution < -0.4 is 11.1 Å². The highest BCUT2D eigenvalue weighted by atomic mass is 35.5. The number of nitrogens with two attached hydrogens (primary N) is 1.